The van der Waals surface area contributed by atoms with Gasteiger partial charge in [0.1, 0.15) is 0 Å². The molecule has 1 aromatic rings. The molecule has 1 rings (SSSR count). The molecule has 0 bridgehead atoms. The van der Waals surface area contributed by atoms with E-state index in [4.69, 9.17) is 0 Å². The molecule has 0 aliphatic heterocycles. The predicted molar refractivity (Wildman–Crippen MR) is 52.0 cm³/mol. The van der Waals surface area contributed by atoms with Crippen molar-refractivity contribution >= 4 is 23.5 Å². The number of anilines is 1. The molecule has 0 radical (unpaired) electrons. The molecule has 1 N–H and O–H groups in total. The van der Waals surface area contributed by atoms with E-state index in [0.29, 0.717) is 5.69 Å². The second-order valence-electron chi connectivity index (χ2n) is 2.21. The average molecular weight is 198 g/mol. The Bertz CT molecular complexity index is 287. The molecule has 5 heteroatoms. The van der Waals surface area contributed by atoms with Crippen molar-refractivity contribution in [2.45, 2.75) is 5.03 Å². The van der Waals surface area contributed by atoms with Gasteiger partial charge < -0.3 is 4.74 Å². The number of rotatable bonds is 2. The van der Waals surface area contributed by atoms with Gasteiger partial charge in [-0.25, -0.2) is 9.78 Å². The topological polar surface area (TPSA) is 51.2 Å². The molecule has 4 nitrogen and oxygen atoms in total. The highest BCUT2D eigenvalue weighted by molar-refractivity contribution is 7.98. The lowest BCUT2D eigenvalue weighted by Crippen LogP contribution is -2.10. The fourth-order valence-electron chi connectivity index (χ4n) is 0.744. The zero-order valence-electron chi connectivity index (χ0n) is 7.40. The maximum Gasteiger partial charge on any atom is 0.411 e. The summed E-state index contributed by atoms with van der Waals surface area (Å²) in [6, 6.07) is 3.60. The molecule has 0 aliphatic rings. The Labute approximate surface area is 80.7 Å². The second kappa shape index (κ2) is 4.71. The smallest absolute Gasteiger partial charge is 0.411 e. The highest BCUT2D eigenvalue weighted by Crippen LogP contribution is 2.13. The van der Waals surface area contributed by atoms with Gasteiger partial charge in [-0.05, 0) is 18.4 Å². The van der Waals surface area contributed by atoms with Gasteiger partial charge in [-0.2, -0.15) is 0 Å². The van der Waals surface area contributed by atoms with Crippen LogP contribution in [-0.4, -0.2) is 24.4 Å². The Morgan fingerprint density at radius 3 is 2.85 bits per heavy atom. The molecule has 0 aliphatic carbocycles. The van der Waals surface area contributed by atoms with Crippen LogP contribution in [0.4, 0.5) is 10.5 Å². The van der Waals surface area contributed by atoms with Crippen molar-refractivity contribution in [1.82, 2.24) is 4.98 Å². The van der Waals surface area contributed by atoms with Gasteiger partial charge in [0.2, 0.25) is 0 Å². The number of nitrogens with zero attached hydrogens (tertiary/aromatic N) is 1. The molecule has 0 spiro atoms. The fourth-order valence-corrected chi connectivity index (χ4v) is 1.11. The monoisotopic (exact) mass is 198 g/mol. The van der Waals surface area contributed by atoms with Crippen LogP contribution in [0.1, 0.15) is 0 Å². The van der Waals surface area contributed by atoms with Crippen molar-refractivity contribution in [2.24, 2.45) is 0 Å². The molecule has 70 valence electrons. The standard InChI is InChI=1S/C8H10N2O2S/c1-12-8(11)10-6-3-4-7(13-2)9-5-6/h3-5H,1-2H3,(H,10,11). The first kappa shape index (κ1) is 9.85. The van der Waals surface area contributed by atoms with Crippen molar-refractivity contribution in [3.8, 4) is 0 Å². The maximum atomic E-state index is 10.8. The van der Waals surface area contributed by atoms with E-state index < -0.39 is 6.09 Å². The Balaban J connectivity index is 2.64. The van der Waals surface area contributed by atoms with E-state index in [-0.39, 0.29) is 0 Å². The summed E-state index contributed by atoms with van der Waals surface area (Å²) in [5.74, 6) is 0. The third kappa shape index (κ3) is 2.95. The minimum atomic E-state index is -0.487. The average Bonchev–Trinajstić information content (AvgIpc) is 2.19. The molecule has 0 saturated heterocycles. The van der Waals surface area contributed by atoms with Crippen LogP contribution in [-0.2, 0) is 4.74 Å². The van der Waals surface area contributed by atoms with Crippen molar-refractivity contribution in [2.75, 3.05) is 18.7 Å². The van der Waals surface area contributed by atoms with Gasteiger partial charge in [0.25, 0.3) is 0 Å². The summed E-state index contributed by atoms with van der Waals surface area (Å²) in [4.78, 5) is 14.8. The third-order valence-electron chi connectivity index (χ3n) is 1.38. The van der Waals surface area contributed by atoms with Crippen molar-refractivity contribution < 1.29 is 9.53 Å². The van der Waals surface area contributed by atoms with Gasteiger partial charge in [-0.1, -0.05) is 0 Å². The van der Waals surface area contributed by atoms with Crippen molar-refractivity contribution in [3.05, 3.63) is 18.3 Å². The number of nitrogens with one attached hydrogen (secondary N) is 1. The Morgan fingerprint density at radius 1 is 1.62 bits per heavy atom. The van der Waals surface area contributed by atoms with Gasteiger partial charge in [-0.15, -0.1) is 11.8 Å². The van der Waals surface area contributed by atoms with Gasteiger partial charge in [0.15, 0.2) is 0 Å². The minimum Gasteiger partial charge on any atom is -0.453 e. The summed E-state index contributed by atoms with van der Waals surface area (Å²) < 4.78 is 4.43. The number of pyridine rings is 1. The van der Waals surface area contributed by atoms with E-state index in [9.17, 15) is 4.79 Å². The zero-order valence-corrected chi connectivity index (χ0v) is 8.22. The summed E-state index contributed by atoms with van der Waals surface area (Å²) >= 11 is 1.55. The van der Waals surface area contributed by atoms with Crippen LogP contribution in [0.25, 0.3) is 0 Å². The number of thioether (sulfide) groups is 1. The zero-order chi connectivity index (χ0) is 9.68. The summed E-state index contributed by atoms with van der Waals surface area (Å²) in [5.41, 5.74) is 0.629. The van der Waals surface area contributed by atoms with Gasteiger partial charge in [0, 0.05) is 0 Å². The third-order valence-corrected chi connectivity index (χ3v) is 2.04. The minimum absolute atomic E-state index is 0.487. The number of ether oxygens (including phenoxy) is 1. The first-order chi connectivity index (χ1) is 6.26. The number of carbonyl (C=O) groups excluding carboxylic acids is 1. The van der Waals surface area contributed by atoms with Crippen LogP contribution in [0, 0.1) is 0 Å². The van der Waals surface area contributed by atoms with Crippen LogP contribution in [0.15, 0.2) is 23.4 Å². The normalized spacial score (nSPS) is 9.38. The molecular formula is C8H10N2O2S. The molecule has 0 unspecified atom stereocenters. The van der Waals surface area contributed by atoms with Crippen molar-refractivity contribution in [1.29, 1.82) is 0 Å². The van der Waals surface area contributed by atoms with Crippen molar-refractivity contribution in [3.63, 3.8) is 0 Å². The Morgan fingerprint density at radius 2 is 2.38 bits per heavy atom. The molecule has 0 aromatic carbocycles. The van der Waals surface area contributed by atoms with Gasteiger partial charge >= 0.3 is 6.09 Å². The van der Waals surface area contributed by atoms with Gasteiger partial charge in [0.05, 0.1) is 24.0 Å². The molecule has 1 heterocycles. The van der Waals surface area contributed by atoms with Gasteiger partial charge in [-0.3, -0.25) is 5.32 Å². The summed E-state index contributed by atoms with van der Waals surface area (Å²) in [6.45, 7) is 0. The van der Waals surface area contributed by atoms with Crippen LogP contribution in [0.5, 0.6) is 0 Å². The maximum absolute atomic E-state index is 10.8. The SMILES string of the molecule is COC(=O)Nc1ccc(SC)nc1. The Kier molecular flexibility index (Phi) is 3.57. The molecule has 1 aromatic heterocycles. The number of methoxy groups -OCH3 is 1. The quantitative estimate of drug-likeness (QED) is 0.738. The second-order valence-corrected chi connectivity index (χ2v) is 3.03. The van der Waals surface area contributed by atoms with E-state index in [1.54, 1.807) is 24.0 Å². The number of aromatic nitrogens is 1. The summed E-state index contributed by atoms with van der Waals surface area (Å²) in [6.07, 6.45) is 3.04. The van der Waals surface area contributed by atoms with E-state index in [0.717, 1.165) is 5.03 Å². The highest BCUT2D eigenvalue weighted by Gasteiger charge is 1.99. The van der Waals surface area contributed by atoms with E-state index in [1.807, 2.05) is 12.3 Å². The highest BCUT2D eigenvalue weighted by atomic mass is 32.2. The number of hydrogen-bond acceptors (Lipinski definition) is 4. The fraction of sp³-hybridized carbons (Fsp3) is 0.250. The molecule has 0 saturated carbocycles. The summed E-state index contributed by atoms with van der Waals surface area (Å²) in [5, 5.41) is 3.42. The lowest BCUT2D eigenvalue weighted by Gasteiger charge is -2.02. The van der Waals surface area contributed by atoms with Crippen LogP contribution < -0.4 is 5.32 Å². The molecule has 0 fully saturated rings. The lowest BCUT2D eigenvalue weighted by atomic mass is 10.4. The summed E-state index contributed by atoms with van der Waals surface area (Å²) in [7, 11) is 1.32. The number of hydrogen-bond donors (Lipinski definition) is 1. The molecule has 0 atom stereocenters. The van der Waals surface area contributed by atoms with E-state index in [2.05, 4.69) is 15.0 Å². The molecule has 13 heavy (non-hydrogen) atoms. The predicted octanol–water partition coefficient (Wildman–Crippen LogP) is 1.98. The number of carbonyl (C=O) groups is 1. The largest absolute Gasteiger partial charge is 0.453 e. The van der Waals surface area contributed by atoms with E-state index in [1.165, 1.54) is 7.11 Å². The van der Waals surface area contributed by atoms with Crippen LogP contribution >= 0.6 is 11.8 Å². The lowest BCUT2D eigenvalue weighted by molar-refractivity contribution is 0.187. The number of amides is 1. The molecular weight excluding hydrogens is 188 g/mol. The Hall–Kier alpha value is -1.23. The van der Waals surface area contributed by atoms with Crippen LogP contribution in [0.3, 0.4) is 0 Å². The molecule has 1 amide bonds. The first-order valence-electron chi connectivity index (χ1n) is 3.61. The van der Waals surface area contributed by atoms with E-state index >= 15 is 0 Å². The van der Waals surface area contributed by atoms with Crippen LogP contribution in [0.2, 0.25) is 0 Å². The first-order valence-corrected chi connectivity index (χ1v) is 4.83.